The minimum atomic E-state index is 0.781. The van der Waals surface area contributed by atoms with Crippen LogP contribution in [0.1, 0.15) is 11.1 Å². The second kappa shape index (κ2) is 6.55. The average molecular weight is 208 g/mol. The number of thioether (sulfide) groups is 1. The molecule has 0 bridgehead atoms. The number of rotatable bonds is 5. The fourth-order valence-corrected chi connectivity index (χ4v) is 1.36. The third-order valence-corrected chi connectivity index (χ3v) is 2.51. The molecule has 0 N–H and O–H groups in total. The highest BCUT2D eigenvalue weighted by Gasteiger charge is 1.90. The van der Waals surface area contributed by atoms with Gasteiger partial charge in [0.2, 0.25) is 0 Å². The van der Waals surface area contributed by atoms with Gasteiger partial charge in [-0.2, -0.15) is 11.8 Å². The Morgan fingerprint density at radius 3 is 2.86 bits per heavy atom. The third kappa shape index (κ3) is 3.88. The van der Waals surface area contributed by atoms with E-state index in [4.69, 9.17) is 4.74 Å². The molecular weight excluding hydrogens is 192 g/mol. The highest BCUT2D eigenvalue weighted by molar-refractivity contribution is 7.98. The van der Waals surface area contributed by atoms with Gasteiger partial charge in [0.1, 0.15) is 0 Å². The Kier molecular flexibility index (Phi) is 5.23. The molecule has 0 unspecified atom stereocenters. The molecule has 0 saturated heterocycles. The van der Waals surface area contributed by atoms with Crippen molar-refractivity contribution in [1.29, 1.82) is 0 Å². The maximum Gasteiger partial charge on any atom is 0.0963 e. The van der Waals surface area contributed by atoms with E-state index < -0.39 is 0 Å². The largest absolute Gasteiger partial charge is 0.500 e. The SMILES string of the molecule is CSCCO/C=C/c1ccccc1C. The van der Waals surface area contributed by atoms with Crippen molar-refractivity contribution in [2.75, 3.05) is 18.6 Å². The fourth-order valence-electron chi connectivity index (χ4n) is 1.09. The summed E-state index contributed by atoms with van der Waals surface area (Å²) in [5.74, 6) is 1.04. The van der Waals surface area contributed by atoms with E-state index in [0.717, 1.165) is 12.4 Å². The molecule has 0 atom stereocenters. The summed E-state index contributed by atoms with van der Waals surface area (Å²) in [7, 11) is 0. The van der Waals surface area contributed by atoms with Crippen molar-refractivity contribution in [2.45, 2.75) is 6.92 Å². The minimum absolute atomic E-state index is 0.781. The summed E-state index contributed by atoms with van der Waals surface area (Å²) in [5, 5.41) is 0. The first kappa shape index (κ1) is 11.2. The number of hydrogen-bond donors (Lipinski definition) is 0. The predicted molar refractivity (Wildman–Crippen MR) is 64.5 cm³/mol. The molecule has 1 nitrogen and oxygen atoms in total. The molecule has 0 aliphatic heterocycles. The van der Waals surface area contributed by atoms with E-state index in [1.807, 2.05) is 18.2 Å². The van der Waals surface area contributed by atoms with Crippen LogP contribution in [0.3, 0.4) is 0 Å². The molecule has 0 radical (unpaired) electrons. The lowest BCUT2D eigenvalue weighted by atomic mass is 10.1. The monoisotopic (exact) mass is 208 g/mol. The Balaban J connectivity index is 2.40. The van der Waals surface area contributed by atoms with E-state index in [0.29, 0.717) is 0 Å². The molecule has 0 fully saturated rings. The van der Waals surface area contributed by atoms with Gasteiger partial charge in [0.25, 0.3) is 0 Å². The van der Waals surface area contributed by atoms with Crippen molar-refractivity contribution in [1.82, 2.24) is 0 Å². The average Bonchev–Trinajstić information content (AvgIpc) is 2.20. The lowest BCUT2D eigenvalue weighted by molar-refractivity contribution is 0.275. The van der Waals surface area contributed by atoms with E-state index in [1.165, 1.54) is 11.1 Å². The van der Waals surface area contributed by atoms with E-state index >= 15 is 0 Å². The van der Waals surface area contributed by atoms with Gasteiger partial charge < -0.3 is 4.74 Å². The first-order chi connectivity index (χ1) is 6.84. The molecule has 1 aromatic carbocycles. The summed E-state index contributed by atoms with van der Waals surface area (Å²) in [6.07, 6.45) is 5.86. The predicted octanol–water partition coefficient (Wildman–Crippen LogP) is 3.35. The smallest absolute Gasteiger partial charge is 0.0963 e. The fraction of sp³-hybridized carbons (Fsp3) is 0.333. The molecule has 0 aliphatic rings. The molecule has 2 heteroatoms. The van der Waals surface area contributed by atoms with Gasteiger partial charge in [-0.15, -0.1) is 0 Å². The van der Waals surface area contributed by atoms with Crippen molar-refractivity contribution in [3.8, 4) is 0 Å². The van der Waals surface area contributed by atoms with Crippen LogP contribution in [0.2, 0.25) is 0 Å². The topological polar surface area (TPSA) is 9.23 Å². The van der Waals surface area contributed by atoms with Crippen LogP contribution in [0.4, 0.5) is 0 Å². The second-order valence-electron chi connectivity index (χ2n) is 3.02. The lowest BCUT2D eigenvalue weighted by Gasteiger charge is -2.00. The Labute approximate surface area is 90.2 Å². The zero-order valence-electron chi connectivity index (χ0n) is 8.69. The van der Waals surface area contributed by atoms with Gasteiger partial charge in [0.15, 0.2) is 0 Å². The Morgan fingerprint density at radius 2 is 2.14 bits per heavy atom. The van der Waals surface area contributed by atoms with Crippen LogP contribution in [-0.4, -0.2) is 18.6 Å². The van der Waals surface area contributed by atoms with Crippen LogP contribution in [0.15, 0.2) is 30.5 Å². The molecule has 76 valence electrons. The van der Waals surface area contributed by atoms with Crippen LogP contribution < -0.4 is 0 Å². The molecule has 0 heterocycles. The summed E-state index contributed by atoms with van der Waals surface area (Å²) >= 11 is 1.79. The van der Waals surface area contributed by atoms with Gasteiger partial charge in [0, 0.05) is 5.75 Å². The number of hydrogen-bond acceptors (Lipinski definition) is 2. The standard InChI is InChI=1S/C12H16OS/c1-11-5-3-4-6-12(11)7-8-13-9-10-14-2/h3-8H,9-10H2,1-2H3/b8-7+. The highest BCUT2D eigenvalue weighted by Crippen LogP contribution is 2.08. The van der Waals surface area contributed by atoms with Crippen molar-refractivity contribution in [3.63, 3.8) is 0 Å². The van der Waals surface area contributed by atoms with E-state index in [1.54, 1.807) is 18.0 Å². The Morgan fingerprint density at radius 1 is 1.36 bits per heavy atom. The number of ether oxygens (including phenoxy) is 1. The minimum Gasteiger partial charge on any atom is -0.500 e. The zero-order valence-corrected chi connectivity index (χ0v) is 9.51. The number of benzene rings is 1. The van der Waals surface area contributed by atoms with Crippen molar-refractivity contribution < 1.29 is 4.74 Å². The molecule has 0 aromatic heterocycles. The second-order valence-corrected chi connectivity index (χ2v) is 4.01. The molecule has 0 amide bonds. The van der Waals surface area contributed by atoms with Crippen LogP contribution >= 0.6 is 11.8 Å². The van der Waals surface area contributed by atoms with Crippen LogP contribution in [0, 0.1) is 6.92 Å². The lowest BCUT2D eigenvalue weighted by Crippen LogP contribution is -1.89. The maximum atomic E-state index is 5.33. The summed E-state index contributed by atoms with van der Waals surface area (Å²) in [5.41, 5.74) is 2.49. The Hall–Kier alpha value is -0.890. The van der Waals surface area contributed by atoms with E-state index in [9.17, 15) is 0 Å². The van der Waals surface area contributed by atoms with Crippen molar-refractivity contribution >= 4 is 17.8 Å². The summed E-state index contributed by atoms with van der Waals surface area (Å²) in [6, 6.07) is 8.27. The summed E-state index contributed by atoms with van der Waals surface area (Å²) in [6.45, 7) is 2.88. The first-order valence-corrected chi connectivity index (χ1v) is 6.06. The highest BCUT2D eigenvalue weighted by atomic mass is 32.2. The zero-order chi connectivity index (χ0) is 10.2. The quantitative estimate of drug-likeness (QED) is 0.542. The van der Waals surface area contributed by atoms with E-state index in [-0.39, 0.29) is 0 Å². The molecule has 1 rings (SSSR count). The van der Waals surface area contributed by atoms with Crippen LogP contribution in [0.25, 0.3) is 6.08 Å². The molecule has 0 saturated carbocycles. The normalized spacial score (nSPS) is 10.7. The molecule has 0 spiro atoms. The molecule has 0 aliphatic carbocycles. The van der Waals surface area contributed by atoms with Crippen LogP contribution in [0.5, 0.6) is 0 Å². The van der Waals surface area contributed by atoms with Gasteiger partial charge in [0.05, 0.1) is 12.9 Å². The molecular formula is C12H16OS. The van der Waals surface area contributed by atoms with Gasteiger partial charge in [-0.3, -0.25) is 0 Å². The van der Waals surface area contributed by atoms with Gasteiger partial charge in [-0.1, -0.05) is 24.3 Å². The Bertz CT molecular complexity index is 294. The van der Waals surface area contributed by atoms with E-state index in [2.05, 4.69) is 25.3 Å². The van der Waals surface area contributed by atoms with Gasteiger partial charge >= 0.3 is 0 Å². The summed E-state index contributed by atoms with van der Waals surface area (Å²) in [4.78, 5) is 0. The number of aryl methyl sites for hydroxylation is 1. The summed E-state index contributed by atoms with van der Waals surface area (Å²) < 4.78 is 5.33. The third-order valence-electron chi connectivity index (χ3n) is 1.94. The van der Waals surface area contributed by atoms with Crippen molar-refractivity contribution in [2.24, 2.45) is 0 Å². The molecule has 14 heavy (non-hydrogen) atoms. The maximum absolute atomic E-state index is 5.33. The van der Waals surface area contributed by atoms with Crippen molar-refractivity contribution in [3.05, 3.63) is 41.7 Å². The van der Waals surface area contributed by atoms with Gasteiger partial charge in [-0.25, -0.2) is 0 Å². The van der Waals surface area contributed by atoms with Crippen LogP contribution in [-0.2, 0) is 4.74 Å². The molecule has 1 aromatic rings. The van der Waals surface area contributed by atoms with Gasteiger partial charge in [-0.05, 0) is 30.4 Å². The first-order valence-electron chi connectivity index (χ1n) is 4.67.